The number of unbranched alkanes of at least 4 members (excludes halogenated alkanes) is 7. The lowest BCUT2D eigenvalue weighted by atomic mass is 10.0. The average molecular weight is 435 g/mol. The zero-order valence-electron chi connectivity index (χ0n) is 17.1. The van der Waals surface area contributed by atoms with Gasteiger partial charge in [-0.05, 0) is 37.8 Å². The zero-order chi connectivity index (χ0) is 19.3. The van der Waals surface area contributed by atoms with Crippen LogP contribution >= 0.6 is 15.9 Å². The van der Waals surface area contributed by atoms with E-state index < -0.39 is 0 Å². The molecule has 27 heavy (non-hydrogen) atoms. The molecule has 0 aliphatic carbocycles. The molecule has 2 nitrogen and oxygen atoms in total. The lowest BCUT2D eigenvalue weighted by Gasteiger charge is -2.16. The Labute approximate surface area is 173 Å². The van der Waals surface area contributed by atoms with Gasteiger partial charge in [0.05, 0.1) is 13.2 Å². The van der Waals surface area contributed by atoms with Crippen molar-refractivity contribution >= 4 is 26.7 Å². The van der Waals surface area contributed by atoms with Crippen molar-refractivity contribution in [1.82, 2.24) is 0 Å². The van der Waals surface area contributed by atoms with Crippen molar-refractivity contribution < 1.29 is 9.47 Å². The number of rotatable bonds is 14. The first-order chi connectivity index (χ1) is 13.3. The summed E-state index contributed by atoms with van der Waals surface area (Å²) in [7, 11) is 0. The molecule has 2 aromatic carbocycles. The summed E-state index contributed by atoms with van der Waals surface area (Å²) in [6.07, 6.45) is 11.2. The van der Waals surface area contributed by atoms with Crippen LogP contribution in [0.15, 0.2) is 30.3 Å². The van der Waals surface area contributed by atoms with Gasteiger partial charge in [0.1, 0.15) is 11.5 Å². The number of aryl methyl sites for hydroxylation is 1. The van der Waals surface area contributed by atoms with Gasteiger partial charge in [0.2, 0.25) is 0 Å². The molecule has 0 atom stereocenters. The quantitative estimate of drug-likeness (QED) is 0.222. The molecule has 0 aliphatic heterocycles. The Morgan fingerprint density at radius 1 is 0.778 bits per heavy atom. The summed E-state index contributed by atoms with van der Waals surface area (Å²) in [6, 6.07) is 10.6. The number of benzene rings is 2. The molecule has 0 spiro atoms. The van der Waals surface area contributed by atoms with Crippen LogP contribution in [0.3, 0.4) is 0 Å². The Balaban J connectivity index is 1.93. The summed E-state index contributed by atoms with van der Waals surface area (Å²) >= 11 is 3.49. The van der Waals surface area contributed by atoms with Crippen LogP contribution in [-0.4, -0.2) is 18.5 Å². The van der Waals surface area contributed by atoms with E-state index in [4.69, 9.17) is 9.47 Å². The molecule has 0 fully saturated rings. The summed E-state index contributed by atoms with van der Waals surface area (Å²) < 4.78 is 12.3. The van der Waals surface area contributed by atoms with Crippen LogP contribution in [0.2, 0.25) is 0 Å². The van der Waals surface area contributed by atoms with Crippen LogP contribution in [-0.2, 0) is 0 Å². The van der Waals surface area contributed by atoms with E-state index in [1.54, 1.807) is 0 Å². The molecule has 0 saturated heterocycles. The van der Waals surface area contributed by atoms with Crippen molar-refractivity contribution in [2.45, 2.75) is 71.6 Å². The van der Waals surface area contributed by atoms with Gasteiger partial charge >= 0.3 is 0 Å². The highest BCUT2D eigenvalue weighted by Gasteiger charge is 2.11. The predicted octanol–water partition coefficient (Wildman–Crippen LogP) is 7.83. The third-order valence-corrected chi connectivity index (χ3v) is 5.48. The van der Waals surface area contributed by atoms with E-state index in [1.165, 1.54) is 50.3 Å². The summed E-state index contributed by atoms with van der Waals surface area (Å²) in [6.45, 7) is 5.92. The maximum atomic E-state index is 6.16. The van der Waals surface area contributed by atoms with E-state index >= 15 is 0 Å². The Kier molecular flexibility index (Phi) is 10.7. The van der Waals surface area contributed by atoms with Gasteiger partial charge in [0.25, 0.3) is 0 Å². The average Bonchev–Trinajstić information content (AvgIpc) is 2.69. The predicted molar refractivity (Wildman–Crippen MR) is 121 cm³/mol. The zero-order valence-corrected chi connectivity index (χ0v) is 18.7. The Morgan fingerprint density at radius 2 is 1.41 bits per heavy atom. The highest BCUT2D eigenvalue weighted by Crippen LogP contribution is 2.36. The molecule has 0 amide bonds. The number of alkyl halides is 1. The van der Waals surface area contributed by atoms with Crippen LogP contribution < -0.4 is 9.47 Å². The van der Waals surface area contributed by atoms with Gasteiger partial charge < -0.3 is 9.47 Å². The molecule has 3 heteroatoms. The molecule has 2 rings (SSSR count). The minimum atomic E-state index is 0.786. The van der Waals surface area contributed by atoms with Crippen LogP contribution in [0, 0.1) is 6.92 Å². The number of ether oxygens (including phenoxy) is 2. The molecular weight excluding hydrogens is 400 g/mol. The minimum Gasteiger partial charge on any atom is -0.493 e. The van der Waals surface area contributed by atoms with E-state index in [1.807, 2.05) is 0 Å². The van der Waals surface area contributed by atoms with Crippen molar-refractivity contribution in [2.24, 2.45) is 0 Å². The van der Waals surface area contributed by atoms with E-state index in [9.17, 15) is 0 Å². The number of hydrogen-bond acceptors (Lipinski definition) is 2. The van der Waals surface area contributed by atoms with Gasteiger partial charge in [-0.2, -0.15) is 0 Å². The van der Waals surface area contributed by atoms with Crippen LogP contribution in [0.4, 0.5) is 0 Å². The Bertz CT molecular complexity index is 669. The molecule has 0 heterocycles. The lowest BCUT2D eigenvalue weighted by Crippen LogP contribution is -2.02. The third kappa shape index (κ3) is 7.37. The fourth-order valence-electron chi connectivity index (χ4n) is 3.37. The van der Waals surface area contributed by atoms with Gasteiger partial charge in [-0.15, -0.1) is 0 Å². The van der Waals surface area contributed by atoms with Crippen LogP contribution in [0.25, 0.3) is 10.8 Å². The van der Waals surface area contributed by atoms with Crippen LogP contribution in [0.1, 0.15) is 70.3 Å². The third-order valence-electron chi connectivity index (χ3n) is 4.92. The lowest BCUT2D eigenvalue weighted by molar-refractivity contribution is 0.301. The molecule has 150 valence electrons. The second-order valence-corrected chi connectivity index (χ2v) is 8.07. The maximum Gasteiger partial charge on any atom is 0.130 e. The number of fused-ring (bicyclic) bond motifs is 1. The van der Waals surface area contributed by atoms with E-state index in [2.05, 4.69) is 60.1 Å². The molecule has 0 radical (unpaired) electrons. The highest BCUT2D eigenvalue weighted by molar-refractivity contribution is 9.09. The number of halogens is 1. The van der Waals surface area contributed by atoms with E-state index in [0.717, 1.165) is 53.8 Å². The monoisotopic (exact) mass is 434 g/mol. The van der Waals surface area contributed by atoms with Gasteiger partial charge in [-0.3, -0.25) is 0 Å². The molecule has 0 aliphatic rings. The molecule has 0 bridgehead atoms. The van der Waals surface area contributed by atoms with Crippen molar-refractivity contribution in [3.8, 4) is 11.5 Å². The van der Waals surface area contributed by atoms with Crippen molar-refractivity contribution in [3.05, 3.63) is 35.9 Å². The largest absolute Gasteiger partial charge is 0.493 e. The van der Waals surface area contributed by atoms with E-state index in [-0.39, 0.29) is 0 Å². The molecule has 0 unspecified atom stereocenters. The van der Waals surface area contributed by atoms with Crippen molar-refractivity contribution in [1.29, 1.82) is 0 Å². The molecule has 0 saturated carbocycles. The van der Waals surface area contributed by atoms with Crippen LogP contribution in [0.5, 0.6) is 11.5 Å². The fraction of sp³-hybridized carbons (Fsp3) is 0.583. The maximum absolute atomic E-state index is 6.16. The van der Waals surface area contributed by atoms with Gasteiger partial charge in [0.15, 0.2) is 0 Å². The first kappa shape index (κ1) is 22.1. The van der Waals surface area contributed by atoms with E-state index in [0.29, 0.717) is 0 Å². The standard InChI is InChI=1S/C24H35BrO2/c1-3-4-12-18-27-24-20(2)19-23(21-14-9-10-15-22(21)24)26-17-13-8-6-5-7-11-16-25/h9-10,14-15,19H,3-8,11-13,16-18H2,1-2H3. The number of hydrogen-bond donors (Lipinski definition) is 0. The van der Waals surface area contributed by atoms with Crippen molar-refractivity contribution in [2.75, 3.05) is 18.5 Å². The Morgan fingerprint density at radius 3 is 2.15 bits per heavy atom. The fourth-order valence-corrected chi connectivity index (χ4v) is 3.77. The molecular formula is C24H35BrO2. The second kappa shape index (κ2) is 13.0. The normalized spacial score (nSPS) is 11.1. The first-order valence-electron chi connectivity index (χ1n) is 10.6. The Hall–Kier alpha value is -1.22. The summed E-state index contributed by atoms with van der Waals surface area (Å²) in [4.78, 5) is 0. The smallest absolute Gasteiger partial charge is 0.130 e. The second-order valence-electron chi connectivity index (χ2n) is 7.28. The highest BCUT2D eigenvalue weighted by atomic mass is 79.9. The summed E-state index contributed by atoms with van der Waals surface area (Å²) in [5.41, 5.74) is 1.16. The minimum absolute atomic E-state index is 0.786. The molecule has 2 aromatic rings. The van der Waals surface area contributed by atoms with Gasteiger partial charge in [-0.1, -0.05) is 85.6 Å². The molecule has 0 aromatic heterocycles. The van der Waals surface area contributed by atoms with Gasteiger partial charge in [0, 0.05) is 16.1 Å². The topological polar surface area (TPSA) is 18.5 Å². The SMILES string of the molecule is CCCCCOc1c(C)cc(OCCCCCCCCBr)c2ccccc12. The summed E-state index contributed by atoms with van der Waals surface area (Å²) in [5, 5.41) is 3.45. The van der Waals surface area contributed by atoms with Crippen molar-refractivity contribution in [3.63, 3.8) is 0 Å². The van der Waals surface area contributed by atoms with Gasteiger partial charge in [-0.25, -0.2) is 0 Å². The molecule has 0 N–H and O–H groups in total. The first-order valence-corrected chi connectivity index (χ1v) is 11.7. The summed E-state index contributed by atoms with van der Waals surface area (Å²) in [5.74, 6) is 2.00.